The molecule has 11 nitrogen and oxygen atoms in total. The Labute approximate surface area is 242 Å². The highest BCUT2D eigenvalue weighted by Gasteiger charge is 2.48. The molecule has 2 bridgehead atoms. The quantitative estimate of drug-likeness (QED) is 0.242. The van der Waals surface area contributed by atoms with E-state index < -0.39 is 11.9 Å². The molecule has 0 amide bonds. The molecule has 4 aromatic rings. The van der Waals surface area contributed by atoms with E-state index in [4.69, 9.17) is 19.8 Å². The molecule has 2 N–H and O–H groups in total. The van der Waals surface area contributed by atoms with Crippen molar-refractivity contribution in [2.24, 2.45) is 11.8 Å². The smallest absolute Gasteiger partial charge is 0.176 e. The fourth-order valence-corrected chi connectivity index (χ4v) is 7.32. The van der Waals surface area contributed by atoms with Crippen LogP contribution in [0.5, 0.6) is 11.5 Å². The second kappa shape index (κ2) is 10.6. The van der Waals surface area contributed by atoms with Crippen molar-refractivity contribution in [3.05, 3.63) is 59.6 Å². The standard InChI is InChI=1S/C30H33FN8O3/c1-17-25-14-37(24-9-18-7-19(24)8-23(18)34-16-32)5-6-38(25)36-29(17)20-10-26(30-27(41-2)12-35-39(30)13-20)42-28(15-40)22-4-3-21(31)11-33-22/h3-4,10-13,18-19,23-24,28,34,40H,5-9,14-15H2,1-2H3/t18-,19-,23+,24+,28+/m0/s1. The van der Waals surface area contributed by atoms with Gasteiger partial charge in [0.1, 0.15) is 5.82 Å². The van der Waals surface area contributed by atoms with Gasteiger partial charge in [0.2, 0.25) is 0 Å². The number of nitrogens with zero attached hydrogens (tertiary/aromatic N) is 7. The number of nitrogens with one attached hydrogen (secondary N) is 1. The average molecular weight is 573 g/mol. The van der Waals surface area contributed by atoms with Gasteiger partial charge in [0.15, 0.2) is 29.3 Å². The van der Waals surface area contributed by atoms with E-state index in [1.165, 1.54) is 24.2 Å². The molecule has 2 saturated carbocycles. The Morgan fingerprint density at radius 3 is 2.79 bits per heavy atom. The first-order chi connectivity index (χ1) is 20.5. The summed E-state index contributed by atoms with van der Waals surface area (Å²) in [5.41, 5.74) is 4.99. The van der Waals surface area contributed by atoms with Gasteiger partial charge in [-0.25, -0.2) is 8.91 Å². The number of halogens is 1. The number of aliphatic hydroxyl groups is 1. The molecule has 0 spiro atoms. The maximum atomic E-state index is 13.5. The lowest BCUT2D eigenvalue weighted by Gasteiger charge is -2.38. The van der Waals surface area contributed by atoms with Gasteiger partial charge in [0, 0.05) is 36.9 Å². The number of ether oxygens (including phenoxy) is 2. The summed E-state index contributed by atoms with van der Waals surface area (Å²) in [5, 5.41) is 31.7. The maximum absolute atomic E-state index is 13.5. The molecule has 2 fully saturated rings. The minimum absolute atomic E-state index is 0.330. The Bertz CT molecular complexity index is 1660. The molecular formula is C30H33FN8O3. The number of hydrogen-bond donors (Lipinski definition) is 2. The van der Waals surface area contributed by atoms with Gasteiger partial charge in [-0.15, -0.1) is 0 Å². The highest BCUT2D eigenvalue weighted by atomic mass is 19.1. The average Bonchev–Trinajstić information content (AvgIpc) is 3.79. The molecule has 2 aliphatic carbocycles. The molecule has 0 unspecified atom stereocenters. The van der Waals surface area contributed by atoms with Crippen LogP contribution < -0.4 is 14.8 Å². The molecule has 5 atom stereocenters. The topological polar surface area (TPSA) is 126 Å². The van der Waals surface area contributed by atoms with Gasteiger partial charge in [-0.05, 0) is 61.8 Å². The zero-order chi connectivity index (χ0) is 29.0. The van der Waals surface area contributed by atoms with Crippen LogP contribution in [0.3, 0.4) is 0 Å². The molecule has 1 aliphatic heterocycles. The number of rotatable bonds is 8. The molecule has 4 aromatic heterocycles. The summed E-state index contributed by atoms with van der Waals surface area (Å²) in [5.74, 6) is 1.71. The van der Waals surface area contributed by atoms with Crippen molar-refractivity contribution in [1.29, 1.82) is 5.26 Å². The van der Waals surface area contributed by atoms with Gasteiger partial charge in [0.05, 0.1) is 49.7 Å². The van der Waals surface area contributed by atoms with E-state index in [0.717, 1.165) is 55.5 Å². The predicted octanol–water partition coefficient (Wildman–Crippen LogP) is 3.21. The van der Waals surface area contributed by atoms with Crippen molar-refractivity contribution >= 4 is 5.52 Å². The third kappa shape index (κ3) is 4.44. The van der Waals surface area contributed by atoms with Gasteiger partial charge in [-0.2, -0.15) is 15.5 Å². The lowest BCUT2D eigenvalue weighted by atomic mass is 9.89. The van der Waals surface area contributed by atoms with Crippen LogP contribution >= 0.6 is 0 Å². The summed E-state index contributed by atoms with van der Waals surface area (Å²) < 4.78 is 29.2. The number of pyridine rings is 2. The Balaban J connectivity index is 1.19. The highest BCUT2D eigenvalue weighted by molar-refractivity contribution is 5.75. The third-order valence-corrected chi connectivity index (χ3v) is 9.36. The summed E-state index contributed by atoms with van der Waals surface area (Å²) in [6.07, 6.45) is 9.36. The zero-order valence-corrected chi connectivity index (χ0v) is 23.6. The summed E-state index contributed by atoms with van der Waals surface area (Å²) >= 11 is 0. The second-order valence-electron chi connectivity index (χ2n) is 11.6. The van der Waals surface area contributed by atoms with Gasteiger partial charge in [-0.3, -0.25) is 14.6 Å². The lowest BCUT2D eigenvalue weighted by Crippen LogP contribution is -2.46. The van der Waals surface area contributed by atoms with E-state index in [0.29, 0.717) is 46.6 Å². The lowest BCUT2D eigenvalue weighted by molar-refractivity contribution is 0.102. The van der Waals surface area contributed by atoms with Crippen LogP contribution in [0.1, 0.15) is 42.3 Å². The van der Waals surface area contributed by atoms with Crippen molar-refractivity contribution in [2.45, 2.75) is 57.5 Å². The van der Waals surface area contributed by atoms with Gasteiger partial charge in [-0.1, -0.05) is 0 Å². The van der Waals surface area contributed by atoms with Gasteiger partial charge >= 0.3 is 0 Å². The van der Waals surface area contributed by atoms with E-state index >= 15 is 0 Å². The number of fused-ring (bicyclic) bond motifs is 4. The fourth-order valence-electron chi connectivity index (χ4n) is 7.32. The first-order valence-electron chi connectivity index (χ1n) is 14.4. The molecular weight excluding hydrogens is 539 g/mol. The monoisotopic (exact) mass is 572 g/mol. The van der Waals surface area contributed by atoms with Crippen LogP contribution in [-0.2, 0) is 13.1 Å². The number of nitriles is 1. The first kappa shape index (κ1) is 26.7. The van der Waals surface area contributed by atoms with E-state index in [-0.39, 0.29) is 6.61 Å². The minimum Gasteiger partial charge on any atom is -0.493 e. The number of aliphatic hydroxyl groups excluding tert-OH is 1. The number of methoxy groups -OCH3 is 1. The Kier molecular flexibility index (Phi) is 6.71. The summed E-state index contributed by atoms with van der Waals surface area (Å²) in [4.78, 5) is 6.72. The molecule has 0 aromatic carbocycles. The Morgan fingerprint density at radius 2 is 2.07 bits per heavy atom. The number of aromatic nitrogens is 5. The molecule has 42 heavy (non-hydrogen) atoms. The molecule has 7 rings (SSSR count). The Morgan fingerprint density at radius 1 is 1.19 bits per heavy atom. The highest BCUT2D eigenvalue weighted by Crippen LogP contribution is 2.48. The van der Waals surface area contributed by atoms with Gasteiger partial charge in [0.25, 0.3) is 0 Å². The van der Waals surface area contributed by atoms with Crippen molar-refractivity contribution in [2.75, 3.05) is 20.3 Å². The molecule has 3 aliphatic rings. The molecule has 5 heterocycles. The second-order valence-corrected chi connectivity index (χ2v) is 11.6. The van der Waals surface area contributed by atoms with Crippen LogP contribution in [0.25, 0.3) is 16.8 Å². The zero-order valence-electron chi connectivity index (χ0n) is 23.6. The summed E-state index contributed by atoms with van der Waals surface area (Å²) in [7, 11) is 1.56. The minimum atomic E-state index is -0.821. The van der Waals surface area contributed by atoms with Crippen molar-refractivity contribution < 1.29 is 19.0 Å². The van der Waals surface area contributed by atoms with Crippen molar-refractivity contribution in [3.8, 4) is 28.9 Å². The SMILES string of the molecule is COc1cnn2cc(-c3nn4c(c3C)CN([C@@H]3C[C@@H]5C[C@H]3C[C@H]5NC#N)CC4)cc(O[C@H](CO)c3ccc(F)cn3)c12. The van der Waals surface area contributed by atoms with Crippen LogP contribution in [0.15, 0.2) is 36.8 Å². The third-order valence-electron chi connectivity index (χ3n) is 9.36. The Hall–Kier alpha value is -4.21. The van der Waals surface area contributed by atoms with Crippen LogP contribution in [0, 0.1) is 36.0 Å². The maximum Gasteiger partial charge on any atom is 0.176 e. The van der Waals surface area contributed by atoms with E-state index in [9.17, 15) is 9.50 Å². The van der Waals surface area contributed by atoms with E-state index in [1.54, 1.807) is 17.8 Å². The van der Waals surface area contributed by atoms with Crippen LogP contribution in [-0.4, -0.2) is 66.7 Å². The van der Waals surface area contributed by atoms with Crippen LogP contribution in [0.2, 0.25) is 0 Å². The van der Waals surface area contributed by atoms with Crippen molar-refractivity contribution in [1.82, 2.24) is 34.6 Å². The largest absolute Gasteiger partial charge is 0.493 e. The molecule has 0 saturated heterocycles. The normalized spacial score (nSPS) is 24.0. The van der Waals surface area contributed by atoms with E-state index in [2.05, 4.69) is 38.1 Å². The van der Waals surface area contributed by atoms with Crippen molar-refractivity contribution in [3.63, 3.8) is 0 Å². The predicted molar refractivity (Wildman–Crippen MR) is 150 cm³/mol. The summed E-state index contributed by atoms with van der Waals surface area (Å²) in [6, 6.07) is 5.56. The summed E-state index contributed by atoms with van der Waals surface area (Å²) in [6.45, 7) is 4.36. The van der Waals surface area contributed by atoms with Gasteiger partial charge < -0.3 is 19.9 Å². The number of hydrogen-bond acceptors (Lipinski definition) is 9. The molecule has 218 valence electrons. The first-order valence-corrected chi connectivity index (χ1v) is 14.4. The molecule has 12 heteroatoms. The molecule has 0 radical (unpaired) electrons. The van der Waals surface area contributed by atoms with E-state index in [1.807, 2.05) is 12.3 Å². The van der Waals surface area contributed by atoms with Crippen LogP contribution in [0.4, 0.5) is 4.39 Å². The fraction of sp³-hybridized carbons (Fsp3) is 0.467.